The second kappa shape index (κ2) is 7.29. The molecule has 2 rings (SSSR count). The van der Waals surface area contributed by atoms with Crippen LogP contribution in [0.5, 0.6) is 0 Å². The van der Waals surface area contributed by atoms with Crippen LogP contribution in [0.2, 0.25) is 10.0 Å². The van der Waals surface area contributed by atoms with E-state index in [-0.39, 0.29) is 17.9 Å². The summed E-state index contributed by atoms with van der Waals surface area (Å²) in [7, 11) is 0. The number of non-ortho nitro benzene ring substituents is 1. The molecule has 8 heteroatoms. The largest absolute Gasteiger partial charge is 0.394 e. The van der Waals surface area contributed by atoms with Crippen molar-refractivity contribution in [3.05, 3.63) is 67.7 Å². The topological polar surface area (TPSA) is 99.2 Å². The van der Waals surface area contributed by atoms with Crippen molar-refractivity contribution in [2.75, 3.05) is 11.9 Å². The number of halogens is 2. The molecule has 0 fully saturated rings. The zero-order chi connectivity index (χ0) is 17.0. The maximum Gasteiger partial charge on any atom is 0.270 e. The second-order valence-electron chi connectivity index (χ2n) is 4.61. The number of hydrogen-bond acceptors (Lipinski definition) is 5. The molecule has 0 bridgehead atoms. The van der Waals surface area contributed by atoms with E-state index in [1.54, 1.807) is 18.2 Å². The van der Waals surface area contributed by atoms with E-state index in [0.717, 1.165) is 6.07 Å². The van der Waals surface area contributed by atoms with E-state index in [4.69, 9.17) is 28.5 Å². The molecule has 0 aromatic heterocycles. The number of nitrogens with zero attached hydrogens (tertiary/aromatic N) is 2. The molecule has 2 N–H and O–H groups in total. The lowest BCUT2D eigenvalue weighted by Gasteiger charge is -2.21. The van der Waals surface area contributed by atoms with E-state index < -0.39 is 11.0 Å². The molecule has 118 valence electrons. The molecule has 0 unspecified atom stereocenters. The number of nitro groups is 1. The summed E-state index contributed by atoms with van der Waals surface area (Å²) in [6.07, 6.45) is 0. The monoisotopic (exact) mass is 351 g/mol. The van der Waals surface area contributed by atoms with Crippen LogP contribution in [0, 0.1) is 21.4 Å². The molecule has 6 nitrogen and oxygen atoms in total. The quantitative estimate of drug-likeness (QED) is 0.628. The number of hydrogen-bond donors (Lipinski definition) is 2. The molecule has 0 saturated carbocycles. The molecule has 0 radical (unpaired) electrons. The van der Waals surface area contributed by atoms with Gasteiger partial charge in [-0.2, -0.15) is 5.26 Å². The van der Waals surface area contributed by atoms with Gasteiger partial charge in [0, 0.05) is 27.7 Å². The predicted molar refractivity (Wildman–Crippen MR) is 87.7 cm³/mol. The molecule has 0 spiro atoms. The highest BCUT2D eigenvalue weighted by atomic mass is 35.5. The average Bonchev–Trinajstić information content (AvgIpc) is 2.53. The van der Waals surface area contributed by atoms with E-state index in [1.807, 2.05) is 6.07 Å². The first-order valence-electron chi connectivity index (χ1n) is 6.47. The van der Waals surface area contributed by atoms with Crippen LogP contribution in [0.4, 0.5) is 11.4 Å². The van der Waals surface area contributed by atoms with Gasteiger partial charge in [-0.25, -0.2) is 0 Å². The number of aliphatic hydroxyl groups excluding tert-OH is 1. The van der Waals surface area contributed by atoms with Crippen LogP contribution in [0.1, 0.15) is 17.2 Å². The first kappa shape index (κ1) is 17.0. The van der Waals surface area contributed by atoms with Gasteiger partial charge in [0.1, 0.15) is 6.07 Å². The Labute approximate surface area is 142 Å². The maximum atomic E-state index is 10.8. The molecule has 0 aliphatic heterocycles. The highest BCUT2D eigenvalue weighted by Crippen LogP contribution is 2.33. The Morgan fingerprint density at radius 3 is 2.48 bits per heavy atom. The van der Waals surface area contributed by atoms with E-state index in [1.165, 1.54) is 12.1 Å². The number of rotatable bonds is 5. The number of nitrogens with one attached hydrogen (secondary N) is 1. The van der Waals surface area contributed by atoms with Crippen LogP contribution < -0.4 is 5.32 Å². The van der Waals surface area contributed by atoms with Crippen LogP contribution in [-0.2, 0) is 0 Å². The molecule has 0 heterocycles. The highest BCUT2D eigenvalue weighted by molar-refractivity contribution is 6.36. The summed E-state index contributed by atoms with van der Waals surface area (Å²) in [6, 6.07) is 10.0. The molecule has 1 atom stereocenters. The summed E-state index contributed by atoms with van der Waals surface area (Å²) >= 11 is 12.2. The van der Waals surface area contributed by atoms with Crippen molar-refractivity contribution in [3.63, 3.8) is 0 Å². The van der Waals surface area contributed by atoms with Crippen molar-refractivity contribution >= 4 is 34.6 Å². The van der Waals surface area contributed by atoms with Crippen LogP contribution in [-0.4, -0.2) is 16.6 Å². The molecule has 0 amide bonds. The van der Waals surface area contributed by atoms with Crippen LogP contribution in [0.3, 0.4) is 0 Å². The van der Waals surface area contributed by atoms with Gasteiger partial charge in [0.2, 0.25) is 0 Å². The minimum absolute atomic E-state index is 0.0841. The van der Waals surface area contributed by atoms with Gasteiger partial charge >= 0.3 is 0 Å². The molecule has 2 aromatic rings. The normalized spacial score (nSPS) is 11.6. The van der Waals surface area contributed by atoms with Gasteiger partial charge in [-0.1, -0.05) is 29.3 Å². The summed E-state index contributed by atoms with van der Waals surface area (Å²) in [4.78, 5) is 10.2. The summed E-state index contributed by atoms with van der Waals surface area (Å²) in [5.41, 5.74) is 0.720. The summed E-state index contributed by atoms with van der Waals surface area (Å²) < 4.78 is 0. The standard InChI is InChI=1S/C15H11Cl2N3O3/c16-11-2-1-3-12(17)15(11)14(8-21)19-13-5-4-10(20(22)23)6-9(13)7-18/h1-6,14,19,21H,8H2/t14-/m1/s1. The molecular formula is C15H11Cl2N3O3. The van der Waals surface area contributed by atoms with Crippen molar-refractivity contribution in [2.45, 2.75) is 6.04 Å². The third kappa shape index (κ3) is 3.71. The number of nitro benzene ring substituents is 1. The summed E-state index contributed by atoms with van der Waals surface area (Å²) in [5.74, 6) is 0. The van der Waals surface area contributed by atoms with Gasteiger partial charge in [-0.3, -0.25) is 10.1 Å². The van der Waals surface area contributed by atoms with Crippen LogP contribution >= 0.6 is 23.2 Å². The average molecular weight is 352 g/mol. The number of aliphatic hydroxyl groups is 1. The molecule has 0 saturated heterocycles. The van der Waals surface area contributed by atoms with Gasteiger partial charge in [0.15, 0.2) is 0 Å². The van der Waals surface area contributed by atoms with Gasteiger partial charge in [0.05, 0.1) is 28.8 Å². The Kier molecular flexibility index (Phi) is 5.40. The van der Waals surface area contributed by atoms with Crippen molar-refractivity contribution in [3.8, 4) is 6.07 Å². The van der Waals surface area contributed by atoms with Crippen LogP contribution in [0.15, 0.2) is 36.4 Å². The minimum Gasteiger partial charge on any atom is -0.394 e. The molecule has 0 aliphatic carbocycles. The lowest BCUT2D eigenvalue weighted by molar-refractivity contribution is -0.384. The van der Waals surface area contributed by atoms with Gasteiger partial charge in [-0.05, 0) is 18.2 Å². The Morgan fingerprint density at radius 2 is 1.96 bits per heavy atom. The van der Waals surface area contributed by atoms with Crippen molar-refractivity contribution in [1.29, 1.82) is 5.26 Å². The fraction of sp³-hybridized carbons (Fsp3) is 0.133. The minimum atomic E-state index is -0.662. The van der Waals surface area contributed by atoms with Gasteiger partial charge < -0.3 is 10.4 Å². The van der Waals surface area contributed by atoms with Gasteiger partial charge in [0.25, 0.3) is 5.69 Å². The zero-order valence-corrected chi connectivity index (χ0v) is 13.2. The Morgan fingerprint density at radius 1 is 1.30 bits per heavy atom. The molecular weight excluding hydrogens is 341 g/mol. The molecule has 0 aliphatic rings. The first-order valence-corrected chi connectivity index (χ1v) is 7.23. The Balaban J connectivity index is 2.40. The third-order valence-electron chi connectivity index (χ3n) is 3.19. The van der Waals surface area contributed by atoms with E-state index in [2.05, 4.69) is 5.32 Å². The lowest BCUT2D eigenvalue weighted by atomic mass is 10.1. The van der Waals surface area contributed by atoms with Crippen molar-refractivity contribution in [2.24, 2.45) is 0 Å². The van der Waals surface area contributed by atoms with E-state index in [0.29, 0.717) is 21.3 Å². The van der Waals surface area contributed by atoms with Crippen molar-refractivity contribution < 1.29 is 10.0 Å². The number of anilines is 1. The predicted octanol–water partition coefficient (Wildman–Crippen LogP) is 3.92. The Hall–Kier alpha value is -2.33. The third-order valence-corrected chi connectivity index (χ3v) is 3.85. The van der Waals surface area contributed by atoms with E-state index in [9.17, 15) is 15.2 Å². The highest BCUT2D eigenvalue weighted by Gasteiger charge is 2.19. The fourth-order valence-electron chi connectivity index (χ4n) is 2.10. The van der Waals surface area contributed by atoms with E-state index >= 15 is 0 Å². The molecule has 23 heavy (non-hydrogen) atoms. The summed E-state index contributed by atoms with van der Waals surface area (Å²) in [5, 5.41) is 33.2. The number of benzene rings is 2. The fourth-order valence-corrected chi connectivity index (χ4v) is 2.77. The Bertz CT molecular complexity index is 770. The van der Waals surface area contributed by atoms with Gasteiger partial charge in [-0.15, -0.1) is 0 Å². The SMILES string of the molecule is N#Cc1cc([N+](=O)[O-])ccc1N[C@H](CO)c1c(Cl)cccc1Cl. The van der Waals surface area contributed by atoms with Crippen molar-refractivity contribution in [1.82, 2.24) is 0 Å². The second-order valence-corrected chi connectivity index (χ2v) is 5.43. The first-order chi connectivity index (χ1) is 11.0. The molecule has 2 aromatic carbocycles. The maximum absolute atomic E-state index is 10.8. The number of nitriles is 1. The summed E-state index contributed by atoms with van der Waals surface area (Å²) in [6.45, 7) is -0.328. The smallest absolute Gasteiger partial charge is 0.270 e. The van der Waals surface area contributed by atoms with Crippen LogP contribution in [0.25, 0.3) is 0 Å². The zero-order valence-electron chi connectivity index (χ0n) is 11.7. The lowest BCUT2D eigenvalue weighted by Crippen LogP contribution is -2.16.